The van der Waals surface area contributed by atoms with Crippen molar-refractivity contribution >= 4 is 29.3 Å². The summed E-state index contributed by atoms with van der Waals surface area (Å²) in [5.41, 5.74) is -0.128. The molecule has 0 saturated carbocycles. The van der Waals surface area contributed by atoms with E-state index >= 15 is 0 Å². The molecule has 1 atom stereocenters. The molecule has 1 aliphatic rings. The van der Waals surface area contributed by atoms with Crippen molar-refractivity contribution in [2.24, 2.45) is 0 Å². The highest BCUT2D eigenvalue weighted by Crippen LogP contribution is 2.18. The Balaban J connectivity index is 2.03. The predicted octanol–water partition coefficient (Wildman–Crippen LogP) is 1.56. The van der Waals surface area contributed by atoms with Crippen LogP contribution in [0.2, 0.25) is 0 Å². The van der Waals surface area contributed by atoms with Gasteiger partial charge in [-0.3, -0.25) is 4.79 Å². The first-order chi connectivity index (χ1) is 9.56. The lowest BCUT2D eigenvalue weighted by molar-refractivity contribution is -0.116. The third-order valence-electron chi connectivity index (χ3n) is 2.92. The number of thioether (sulfide) groups is 1. The molecule has 1 saturated heterocycles. The molecule has 1 unspecified atom stereocenters. The molecule has 1 fully saturated rings. The van der Waals surface area contributed by atoms with Gasteiger partial charge in [0.15, 0.2) is 0 Å². The van der Waals surface area contributed by atoms with Crippen molar-refractivity contribution < 1.29 is 19.1 Å². The number of carbonyl (C=O) groups is 2. The van der Waals surface area contributed by atoms with Crippen LogP contribution in [-0.4, -0.2) is 41.1 Å². The van der Waals surface area contributed by atoms with Gasteiger partial charge in [-0.15, -0.1) is 0 Å². The Morgan fingerprint density at radius 3 is 2.95 bits per heavy atom. The van der Waals surface area contributed by atoms with Crippen LogP contribution in [0.5, 0.6) is 0 Å². The van der Waals surface area contributed by atoms with Crippen LogP contribution in [0.3, 0.4) is 0 Å². The van der Waals surface area contributed by atoms with E-state index in [0.717, 1.165) is 36.2 Å². The fourth-order valence-corrected chi connectivity index (χ4v) is 2.93. The monoisotopic (exact) mass is 298 g/mol. The summed E-state index contributed by atoms with van der Waals surface area (Å²) in [6.07, 6.45) is 0.239. The van der Waals surface area contributed by atoms with Crippen LogP contribution in [0, 0.1) is 5.82 Å². The molecule has 2 rings (SSSR count). The second-order valence-electron chi connectivity index (χ2n) is 4.47. The summed E-state index contributed by atoms with van der Waals surface area (Å²) in [5, 5.41) is 14.7. The minimum Gasteiger partial charge on any atom is -0.478 e. The van der Waals surface area contributed by atoms with Gasteiger partial charge < -0.3 is 15.7 Å². The van der Waals surface area contributed by atoms with Crippen molar-refractivity contribution in [3.63, 3.8) is 0 Å². The predicted molar refractivity (Wildman–Crippen MR) is 75.7 cm³/mol. The number of rotatable bonds is 4. The summed E-state index contributed by atoms with van der Waals surface area (Å²) in [5.74, 6) is -0.255. The van der Waals surface area contributed by atoms with Crippen LogP contribution in [0.1, 0.15) is 16.8 Å². The lowest BCUT2D eigenvalue weighted by Gasteiger charge is -2.22. The number of halogens is 1. The quantitative estimate of drug-likeness (QED) is 0.786. The Labute approximate surface area is 119 Å². The first-order valence-corrected chi connectivity index (χ1v) is 7.35. The number of benzene rings is 1. The van der Waals surface area contributed by atoms with Crippen molar-refractivity contribution in [1.29, 1.82) is 0 Å². The Kier molecular flexibility index (Phi) is 4.97. The molecular weight excluding hydrogens is 283 g/mol. The summed E-state index contributed by atoms with van der Waals surface area (Å²) >= 11 is 1.77. The first-order valence-electron chi connectivity index (χ1n) is 6.20. The standard InChI is InChI=1S/C13H15FN2O3S/c14-8-1-2-10(13(18)19)11(5-8)16-12(17)6-9-7-20-4-3-15-9/h1-2,5,9,15H,3-4,6-7H2,(H,16,17)(H,18,19). The number of hydrogen-bond acceptors (Lipinski definition) is 4. The van der Waals surface area contributed by atoms with Crippen LogP contribution in [0.25, 0.3) is 0 Å². The molecule has 0 radical (unpaired) electrons. The number of carboxylic acid groups (broad SMARTS) is 1. The van der Waals surface area contributed by atoms with Gasteiger partial charge in [0.1, 0.15) is 5.82 Å². The average Bonchev–Trinajstić information content (AvgIpc) is 2.39. The zero-order valence-electron chi connectivity index (χ0n) is 10.7. The fourth-order valence-electron chi connectivity index (χ4n) is 1.98. The summed E-state index contributed by atoms with van der Waals surface area (Å²) in [4.78, 5) is 22.9. The molecular formula is C13H15FN2O3S. The van der Waals surface area contributed by atoms with E-state index in [1.807, 2.05) is 0 Å². The zero-order chi connectivity index (χ0) is 14.5. The molecule has 7 heteroatoms. The van der Waals surface area contributed by atoms with E-state index in [9.17, 15) is 14.0 Å². The minimum absolute atomic E-state index is 0.00837. The van der Waals surface area contributed by atoms with Gasteiger partial charge in [0.05, 0.1) is 11.3 Å². The van der Waals surface area contributed by atoms with Gasteiger partial charge in [-0.1, -0.05) is 0 Å². The molecule has 108 valence electrons. The minimum atomic E-state index is -1.20. The summed E-state index contributed by atoms with van der Waals surface area (Å²) in [7, 11) is 0. The van der Waals surface area contributed by atoms with Gasteiger partial charge in [0.2, 0.25) is 5.91 Å². The number of amides is 1. The van der Waals surface area contributed by atoms with Gasteiger partial charge in [-0.2, -0.15) is 11.8 Å². The van der Waals surface area contributed by atoms with E-state index in [-0.39, 0.29) is 29.6 Å². The highest BCUT2D eigenvalue weighted by atomic mass is 32.2. The van der Waals surface area contributed by atoms with Crippen LogP contribution >= 0.6 is 11.8 Å². The molecule has 20 heavy (non-hydrogen) atoms. The largest absolute Gasteiger partial charge is 0.478 e. The summed E-state index contributed by atoms with van der Waals surface area (Å²) < 4.78 is 13.2. The zero-order valence-corrected chi connectivity index (χ0v) is 11.5. The third-order valence-corrected chi connectivity index (χ3v) is 4.05. The number of carbonyl (C=O) groups excluding carboxylic acids is 1. The second kappa shape index (κ2) is 6.71. The molecule has 1 aliphatic heterocycles. The first kappa shape index (κ1) is 14.8. The van der Waals surface area contributed by atoms with Crippen molar-refractivity contribution in [3.8, 4) is 0 Å². The van der Waals surface area contributed by atoms with Gasteiger partial charge >= 0.3 is 5.97 Å². The van der Waals surface area contributed by atoms with Crippen LogP contribution < -0.4 is 10.6 Å². The lowest BCUT2D eigenvalue weighted by atomic mass is 10.1. The molecule has 1 heterocycles. The Bertz CT molecular complexity index is 518. The average molecular weight is 298 g/mol. The van der Waals surface area contributed by atoms with Gasteiger partial charge in [-0.25, -0.2) is 9.18 Å². The highest BCUT2D eigenvalue weighted by Gasteiger charge is 2.18. The Hall–Kier alpha value is -1.60. The number of carboxylic acids is 1. The van der Waals surface area contributed by atoms with Gasteiger partial charge in [-0.05, 0) is 18.2 Å². The molecule has 1 aromatic carbocycles. The molecule has 0 bridgehead atoms. The normalized spacial score (nSPS) is 18.6. The van der Waals surface area contributed by atoms with Gasteiger partial charge in [0.25, 0.3) is 0 Å². The summed E-state index contributed by atoms with van der Waals surface area (Å²) in [6, 6.07) is 3.28. The smallest absolute Gasteiger partial charge is 0.337 e. The van der Waals surface area contributed by atoms with E-state index < -0.39 is 11.8 Å². The van der Waals surface area contributed by atoms with Gasteiger partial charge in [0, 0.05) is 30.5 Å². The topological polar surface area (TPSA) is 78.4 Å². The molecule has 0 spiro atoms. The van der Waals surface area contributed by atoms with Crippen LogP contribution in [-0.2, 0) is 4.79 Å². The van der Waals surface area contributed by atoms with E-state index in [0.29, 0.717) is 0 Å². The number of anilines is 1. The number of nitrogens with one attached hydrogen (secondary N) is 2. The Morgan fingerprint density at radius 2 is 2.30 bits per heavy atom. The molecule has 0 aromatic heterocycles. The maximum Gasteiger partial charge on any atom is 0.337 e. The lowest BCUT2D eigenvalue weighted by Crippen LogP contribution is -2.40. The Morgan fingerprint density at radius 1 is 1.50 bits per heavy atom. The number of aromatic carboxylic acids is 1. The summed E-state index contributed by atoms with van der Waals surface area (Å²) in [6.45, 7) is 0.850. The van der Waals surface area contributed by atoms with Crippen molar-refractivity contribution in [2.45, 2.75) is 12.5 Å². The molecule has 3 N–H and O–H groups in total. The maximum absolute atomic E-state index is 13.2. The van der Waals surface area contributed by atoms with Crippen molar-refractivity contribution in [3.05, 3.63) is 29.6 Å². The van der Waals surface area contributed by atoms with E-state index in [2.05, 4.69) is 10.6 Å². The molecule has 0 aliphatic carbocycles. The molecule has 1 aromatic rings. The van der Waals surface area contributed by atoms with Crippen LogP contribution in [0.15, 0.2) is 18.2 Å². The molecule has 5 nitrogen and oxygen atoms in total. The van der Waals surface area contributed by atoms with Crippen molar-refractivity contribution in [1.82, 2.24) is 5.32 Å². The third kappa shape index (κ3) is 3.94. The fraction of sp³-hybridized carbons (Fsp3) is 0.385. The number of hydrogen-bond donors (Lipinski definition) is 3. The second-order valence-corrected chi connectivity index (χ2v) is 5.62. The van der Waals surface area contributed by atoms with Crippen LogP contribution in [0.4, 0.5) is 10.1 Å². The highest BCUT2D eigenvalue weighted by molar-refractivity contribution is 7.99. The van der Waals surface area contributed by atoms with E-state index in [1.165, 1.54) is 0 Å². The SMILES string of the molecule is O=C(CC1CSCCN1)Nc1cc(F)ccc1C(=O)O. The van der Waals surface area contributed by atoms with E-state index in [1.54, 1.807) is 11.8 Å². The van der Waals surface area contributed by atoms with Crippen molar-refractivity contribution in [2.75, 3.05) is 23.4 Å². The van der Waals surface area contributed by atoms with E-state index in [4.69, 9.17) is 5.11 Å². The molecule has 1 amide bonds. The maximum atomic E-state index is 13.2.